The van der Waals surface area contributed by atoms with Crippen molar-refractivity contribution in [2.75, 3.05) is 6.61 Å². The molecule has 2 aromatic carbocycles. The molecule has 1 aliphatic rings. The second-order valence-electron chi connectivity index (χ2n) is 6.30. The van der Waals surface area contributed by atoms with Gasteiger partial charge in [0.05, 0.1) is 6.61 Å². The average Bonchev–Trinajstić information content (AvgIpc) is 3.01. The fourth-order valence-electron chi connectivity index (χ4n) is 3.07. The molecule has 1 N–H and O–H groups in total. The summed E-state index contributed by atoms with van der Waals surface area (Å²) in [6.45, 7) is 2.83. The quantitative estimate of drug-likeness (QED) is 0.811. The lowest BCUT2D eigenvalue weighted by atomic mass is 10.0. The standard InChI is InChI=1S/C20H22BrNO2/c1-14(12-15-6-8-19-17(13-15)10-11-24-19)22-20(23)9-7-16-4-2-3-5-18(16)21/h2-6,8,13-14H,7,9-12H2,1H3,(H,22,23). The van der Waals surface area contributed by atoms with E-state index < -0.39 is 0 Å². The van der Waals surface area contributed by atoms with E-state index in [-0.39, 0.29) is 11.9 Å². The van der Waals surface area contributed by atoms with Crippen LogP contribution < -0.4 is 10.1 Å². The Bertz CT molecular complexity index is 729. The van der Waals surface area contributed by atoms with E-state index in [0.717, 1.165) is 36.1 Å². The molecule has 2 aromatic rings. The Morgan fingerprint density at radius 1 is 1.29 bits per heavy atom. The molecule has 1 atom stereocenters. The third-order valence-electron chi connectivity index (χ3n) is 4.28. The van der Waals surface area contributed by atoms with E-state index in [9.17, 15) is 4.79 Å². The summed E-state index contributed by atoms with van der Waals surface area (Å²) < 4.78 is 6.59. The molecular weight excluding hydrogens is 366 g/mol. The van der Waals surface area contributed by atoms with Crippen molar-refractivity contribution in [3.05, 3.63) is 63.6 Å². The summed E-state index contributed by atoms with van der Waals surface area (Å²) in [6.07, 6.45) is 3.07. The second kappa shape index (κ2) is 7.84. The first-order valence-corrected chi connectivity index (χ1v) is 9.18. The number of ether oxygens (including phenoxy) is 1. The van der Waals surface area contributed by atoms with Crippen LogP contribution in [0, 0.1) is 0 Å². The molecule has 0 saturated heterocycles. The van der Waals surface area contributed by atoms with E-state index in [4.69, 9.17) is 4.74 Å². The summed E-state index contributed by atoms with van der Waals surface area (Å²) >= 11 is 3.52. The van der Waals surface area contributed by atoms with Crippen molar-refractivity contribution < 1.29 is 9.53 Å². The number of carbonyl (C=O) groups excluding carboxylic acids is 1. The molecule has 126 valence electrons. The fourth-order valence-corrected chi connectivity index (χ4v) is 3.55. The summed E-state index contributed by atoms with van der Waals surface area (Å²) in [5, 5.41) is 3.10. The predicted molar refractivity (Wildman–Crippen MR) is 99.4 cm³/mol. The highest BCUT2D eigenvalue weighted by Crippen LogP contribution is 2.26. The average molecular weight is 388 g/mol. The monoisotopic (exact) mass is 387 g/mol. The highest BCUT2D eigenvalue weighted by atomic mass is 79.9. The highest BCUT2D eigenvalue weighted by Gasteiger charge is 2.14. The van der Waals surface area contributed by atoms with Crippen molar-refractivity contribution in [1.29, 1.82) is 0 Å². The van der Waals surface area contributed by atoms with Gasteiger partial charge in [0.2, 0.25) is 5.91 Å². The SMILES string of the molecule is CC(Cc1ccc2c(c1)CCO2)NC(=O)CCc1ccccc1Br. The molecule has 0 fully saturated rings. The zero-order valence-corrected chi connectivity index (χ0v) is 15.4. The van der Waals surface area contributed by atoms with Crippen molar-refractivity contribution in [1.82, 2.24) is 5.32 Å². The van der Waals surface area contributed by atoms with Crippen molar-refractivity contribution >= 4 is 21.8 Å². The molecule has 1 aliphatic heterocycles. The number of rotatable bonds is 6. The van der Waals surface area contributed by atoms with Crippen LogP contribution in [0.15, 0.2) is 46.9 Å². The Labute approximate surface area is 151 Å². The van der Waals surface area contributed by atoms with E-state index in [2.05, 4.69) is 40.3 Å². The maximum Gasteiger partial charge on any atom is 0.220 e. The second-order valence-corrected chi connectivity index (χ2v) is 7.16. The van der Waals surface area contributed by atoms with Gasteiger partial charge in [-0.05, 0) is 48.6 Å². The lowest BCUT2D eigenvalue weighted by molar-refractivity contribution is -0.121. The summed E-state index contributed by atoms with van der Waals surface area (Å²) in [4.78, 5) is 12.2. The zero-order valence-electron chi connectivity index (χ0n) is 13.8. The van der Waals surface area contributed by atoms with Crippen molar-refractivity contribution in [2.24, 2.45) is 0 Å². The Morgan fingerprint density at radius 3 is 2.96 bits per heavy atom. The Balaban J connectivity index is 1.48. The van der Waals surface area contributed by atoms with Crippen LogP contribution in [-0.2, 0) is 24.1 Å². The maximum absolute atomic E-state index is 12.2. The molecule has 0 aliphatic carbocycles. The van der Waals surface area contributed by atoms with E-state index in [0.29, 0.717) is 6.42 Å². The van der Waals surface area contributed by atoms with Gasteiger partial charge in [0.1, 0.15) is 5.75 Å². The van der Waals surface area contributed by atoms with Crippen LogP contribution in [0.4, 0.5) is 0 Å². The first-order valence-electron chi connectivity index (χ1n) is 8.39. The predicted octanol–water partition coefficient (Wildman–Crippen LogP) is 4.06. The van der Waals surface area contributed by atoms with Crippen LogP contribution in [0.2, 0.25) is 0 Å². The van der Waals surface area contributed by atoms with E-state index in [1.807, 2.05) is 30.3 Å². The number of carbonyl (C=O) groups is 1. The molecule has 0 aromatic heterocycles. The zero-order chi connectivity index (χ0) is 16.9. The number of hydrogen-bond donors (Lipinski definition) is 1. The molecule has 3 rings (SSSR count). The van der Waals surface area contributed by atoms with Gasteiger partial charge in [-0.1, -0.05) is 46.3 Å². The van der Waals surface area contributed by atoms with Gasteiger partial charge < -0.3 is 10.1 Å². The summed E-state index contributed by atoms with van der Waals surface area (Å²) in [5.41, 5.74) is 3.69. The van der Waals surface area contributed by atoms with Crippen molar-refractivity contribution in [3.8, 4) is 5.75 Å². The number of amides is 1. The summed E-state index contributed by atoms with van der Waals surface area (Å²) in [5.74, 6) is 1.10. The van der Waals surface area contributed by atoms with Gasteiger partial charge in [0, 0.05) is 23.4 Å². The largest absolute Gasteiger partial charge is 0.493 e. The molecule has 4 heteroatoms. The molecular formula is C20H22BrNO2. The number of hydrogen-bond acceptors (Lipinski definition) is 2. The number of nitrogens with one attached hydrogen (secondary N) is 1. The minimum atomic E-state index is 0.0998. The third-order valence-corrected chi connectivity index (χ3v) is 5.06. The first kappa shape index (κ1) is 17.0. The van der Waals surface area contributed by atoms with Crippen molar-refractivity contribution in [2.45, 2.75) is 38.6 Å². The molecule has 1 amide bonds. The smallest absolute Gasteiger partial charge is 0.220 e. The van der Waals surface area contributed by atoms with Gasteiger partial charge in [-0.2, -0.15) is 0 Å². The van der Waals surface area contributed by atoms with Gasteiger partial charge in [-0.3, -0.25) is 4.79 Å². The summed E-state index contributed by atoms with van der Waals surface area (Å²) in [7, 11) is 0. The minimum Gasteiger partial charge on any atom is -0.493 e. The Hall–Kier alpha value is -1.81. The molecule has 24 heavy (non-hydrogen) atoms. The van der Waals surface area contributed by atoms with Crippen LogP contribution in [0.25, 0.3) is 0 Å². The molecule has 0 spiro atoms. The number of aryl methyl sites for hydroxylation is 1. The molecule has 0 saturated carbocycles. The van der Waals surface area contributed by atoms with E-state index >= 15 is 0 Å². The third kappa shape index (κ3) is 4.38. The Kier molecular flexibility index (Phi) is 5.56. The normalized spacial score (nSPS) is 13.9. The minimum absolute atomic E-state index is 0.0998. The van der Waals surface area contributed by atoms with E-state index in [1.165, 1.54) is 16.7 Å². The number of benzene rings is 2. The number of fused-ring (bicyclic) bond motifs is 1. The van der Waals surface area contributed by atoms with Crippen molar-refractivity contribution in [3.63, 3.8) is 0 Å². The molecule has 1 heterocycles. The molecule has 0 bridgehead atoms. The van der Waals surface area contributed by atoms with Crippen LogP contribution in [0.5, 0.6) is 5.75 Å². The topological polar surface area (TPSA) is 38.3 Å². The first-order chi connectivity index (χ1) is 11.6. The van der Waals surface area contributed by atoms with Gasteiger partial charge >= 0.3 is 0 Å². The Morgan fingerprint density at radius 2 is 2.12 bits per heavy atom. The maximum atomic E-state index is 12.2. The van der Waals surface area contributed by atoms with Gasteiger partial charge in [0.25, 0.3) is 0 Å². The van der Waals surface area contributed by atoms with E-state index in [1.54, 1.807) is 0 Å². The van der Waals surface area contributed by atoms with Gasteiger partial charge in [-0.25, -0.2) is 0 Å². The lowest BCUT2D eigenvalue weighted by Gasteiger charge is -2.15. The molecule has 1 unspecified atom stereocenters. The van der Waals surface area contributed by atoms with Crippen LogP contribution in [0.1, 0.15) is 30.0 Å². The summed E-state index contributed by atoms with van der Waals surface area (Å²) in [6, 6.07) is 14.5. The van der Waals surface area contributed by atoms with Crippen LogP contribution in [-0.4, -0.2) is 18.6 Å². The van der Waals surface area contributed by atoms with Gasteiger partial charge in [0.15, 0.2) is 0 Å². The highest BCUT2D eigenvalue weighted by molar-refractivity contribution is 9.10. The molecule has 0 radical (unpaired) electrons. The van der Waals surface area contributed by atoms with Crippen LogP contribution in [0.3, 0.4) is 0 Å². The van der Waals surface area contributed by atoms with Crippen LogP contribution >= 0.6 is 15.9 Å². The molecule has 3 nitrogen and oxygen atoms in total. The fraction of sp³-hybridized carbons (Fsp3) is 0.350. The lowest BCUT2D eigenvalue weighted by Crippen LogP contribution is -2.34. The van der Waals surface area contributed by atoms with Gasteiger partial charge in [-0.15, -0.1) is 0 Å². The number of halogens is 1.